The van der Waals surface area contributed by atoms with Gasteiger partial charge in [0.2, 0.25) is 0 Å². The number of hydrogen-bond acceptors (Lipinski definition) is 7. The fraction of sp³-hybridized carbons (Fsp3) is 0.115. The Morgan fingerprint density at radius 3 is 2.43 bits per heavy atom. The second-order valence-corrected chi connectivity index (χ2v) is 9.75. The van der Waals surface area contributed by atoms with E-state index in [1.807, 2.05) is 43.3 Å². The maximum Gasteiger partial charge on any atom is 0.269 e. The van der Waals surface area contributed by atoms with E-state index >= 15 is 0 Å². The van der Waals surface area contributed by atoms with Crippen molar-refractivity contribution in [2.45, 2.75) is 18.2 Å². The molecule has 1 aromatic heterocycles. The van der Waals surface area contributed by atoms with E-state index in [1.165, 1.54) is 0 Å². The first kappa shape index (κ1) is 22.8. The zero-order chi connectivity index (χ0) is 24.5. The highest BCUT2D eigenvalue weighted by atomic mass is 35.5. The highest BCUT2D eigenvalue weighted by molar-refractivity contribution is 8.03. The van der Waals surface area contributed by atoms with Gasteiger partial charge in [-0.2, -0.15) is 5.26 Å². The van der Waals surface area contributed by atoms with E-state index in [4.69, 9.17) is 17.3 Å². The van der Waals surface area contributed by atoms with Crippen LogP contribution in [0.25, 0.3) is 0 Å². The van der Waals surface area contributed by atoms with Gasteiger partial charge in [-0.3, -0.25) is 20.2 Å². The van der Waals surface area contributed by atoms with Crippen molar-refractivity contribution >= 4 is 29.3 Å². The maximum absolute atomic E-state index is 13.1. The van der Waals surface area contributed by atoms with Crippen LogP contribution in [0, 0.1) is 18.3 Å². The van der Waals surface area contributed by atoms with Gasteiger partial charge in [0, 0.05) is 27.9 Å². The van der Waals surface area contributed by atoms with Crippen LogP contribution < -0.4 is 16.5 Å². The fourth-order valence-corrected chi connectivity index (χ4v) is 5.69. The monoisotopic (exact) mass is 500 g/mol. The molecule has 174 valence electrons. The van der Waals surface area contributed by atoms with Gasteiger partial charge in [-0.05, 0) is 42.3 Å². The number of nitrogens with one attached hydrogen (secondary N) is 2. The van der Waals surface area contributed by atoms with Gasteiger partial charge >= 0.3 is 0 Å². The number of pyridine rings is 1. The predicted molar refractivity (Wildman–Crippen MR) is 136 cm³/mol. The van der Waals surface area contributed by atoms with Gasteiger partial charge in [-0.25, -0.2) is 0 Å². The number of carbonyl (C=O) groups excluding carboxylic acids is 1. The van der Waals surface area contributed by atoms with E-state index in [-0.39, 0.29) is 17.1 Å². The van der Waals surface area contributed by atoms with Crippen LogP contribution in [0.15, 0.2) is 95.2 Å². The van der Waals surface area contributed by atoms with E-state index in [9.17, 15) is 10.1 Å². The van der Waals surface area contributed by atoms with Gasteiger partial charge in [-0.15, -0.1) is 0 Å². The molecule has 0 fully saturated rings. The van der Waals surface area contributed by atoms with Crippen LogP contribution in [-0.2, 0) is 0 Å². The molecule has 0 aliphatic carbocycles. The largest absolute Gasteiger partial charge is 0.384 e. The Labute approximate surface area is 212 Å². The molecule has 3 aromatic rings. The number of hydrogen-bond donors (Lipinski definition) is 3. The van der Waals surface area contributed by atoms with Crippen molar-refractivity contribution in [1.29, 1.82) is 5.26 Å². The second kappa shape index (κ2) is 9.37. The topological polar surface area (TPSA) is 107 Å². The molecule has 7 nitrogen and oxygen atoms in total. The molecule has 2 aromatic carbocycles. The summed E-state index contributed by atoms with van der Waals surface area (Å²) in [4.78, 5) is 18.0. The minimum atomic E-state index is -0.394. The predicted octanol–water partition coefficient (Wildman–Crippen LogP) is 4.69. The van der Waals surface area contributed by atoms with Gasteiger partial charge < -0.3 is 11.1 Å². The molecule has 0 bridgehead atoms. The fourth-order valence-electron chi connectivity index (χ4n) is 4.11. The number of nitrogens with two attached hydrogens (primary N) is 1. The van der Waals surface area contributed by atoms with E-state index in [0.717, 1.165) is 21.6 Å². The summed E-state index contributed by atoms with van der Waals surface area (Å²) in [6.07, 6.45) is 3.15. The summed E-state index contributed by atoms with van der Waals surface area (Å²) in [5, 5.41) is 15.3. The molecule has 4 N–H and O–H groups in total. The van der Waals surface area contributed by atoms with Crippen molar-refractivity contribution in [3.05, 3.63) is 122 Å². The number of allylic oxidation sites excluding steroid dienone is 2. The number of nitrogens with zero attached hydrogens (tertiary/aromatic N) is 3. The van der Waals surface area contributed by atoms with Gasteiger partial charge in [-0.1, -0.05) is 65.3 Å². The van der Waals surface area contributed by atoms with Crippen LogP contribution in [-0.4, -0.2) is 15.9 Å². The van der Waals surface area contributed by atoms with Gasteiger partial charge in [0.15, 0.2) is 0 Å². The number of nitriles is 1. The molecule has 2 aliphatic heterocycles. The first-order chi connectivity index (χ1) is 17.0. The molecular formula is C26H21ClN6OS. The Morgan fingerprint density at radius 2 is 1.77 bits per heavy atom. The lowest BCUT2D eigenvalue weighted by molar-refractivity contribution is 0.0818. The average Bonchev–Trinajstić information content (AvgIpc) is 3.22. The Kier molecular flexibility index (Phi) is 6.12. The van der Waals surface area contributed by atoms with Crippen molar-refractivity contribution < 1.29 is 4.79 Å². The highest BCUT2D eigenvalue weighted by Gasteiger charge is 2.43. The van der Waals surface area contributed by atoms with Crippen LogP contribution in [0.1, 0.15) is 38.3 Å². The van der Waals surface area contributed by atoms with Crippen LogP contribution in [0.3, 0.4) is 0 Å². The highest BCUT2D eigenvalue weighted by Crippen LogP contribution is 2.54. The number of hydrazine groups is 1. The Hall–Kier alpha value is -3.93. The summed E-state index contributed by atoms with van der Waals surface area (Å²) in [5.74, 6) is 0.213. The van der Waals surface area contributed by atoms with Crippen molar-refractivity contribution in [3.63, 3.8) is 0 Å². The molecular weight excluding hydrogens is 480 g/mol. The third-order valence-corrected chi connectivity index (χ3v) is 7.53. The second-order valence-electron chi connectivity index (χ2n) is 8.19. The van der Waals surface area contributed by atoms with Crippen LogP contribution >= 0.6 is 23.4 Å². The number of rotatable bonds is 4. The number of benzene rings is 2. The zero-order valence-corrected chi connectivity index (χ0v) is 20.3. The molecule has 35 heavy (non-hydrogen) atoms. The summed E-state index contributed by atoms with van der Waals surface area (Å²) in [5.41, 5.74) is 13.3. The molecule has 3 heterocycles. The molecule has 2 unspecified atom stereocenters. The molecule has 2 aliphatic rings. The quantitative estimate of drug-likeness (QED) is 0.477. The Morgan fingerprint density at radius 1 is 1.11 bits per heavy atom. The van der Waals surface area contributed by atoms with Crippen molar-refractivity contribution in [2.24, 2.45) is 5.73 Å². The number of thioether (sulfide) groups is 1. The van der Waals surface area contributed by atoms with E-state index in [0.29, 0.717) is 22.0 Å². The first-order valence-corrected chi connectivity index (χ1v) is 12.1. The van der Waals surface area contributed by atoms with Crippen LogP contribution in [0.5, 0.6) is 0 Å². The first-order valence-electron chi connectivity index (χ1n) is 10.9. The molecule has 9 heteroatoms. The minimum absolute atomic E-state index is 0.250. The van der Waals surface area contributed by atoms with Gasteiger partial charge in [0.05, 0.1) is 17.6 Å². The summed E-state index contributed by atoms with van der Waals surface area (Å²) in [6, 6.07) is 21.1. The van der Waals surface area contributed by atoms with E-state index < -0.39 is 5.92 Å². The van der Waals surface area contributed by atoms with Crippen LogP contribution in [0.4, 0.5) is 0 Å². The normalized spacial score (nSPS) is 19.2. The summed E-state index contributed by atoms with van der Waals surface area (Å²) < 4.78 is 0. The Bertz CT molecular complexity index is 1380. The number of aromatic nitrogens is 1. The van der Waals surface area contributed by atoms with Crippen molar-refractivity contribution in [3.8, 4) is 6.07 Å². The molecule has 0 saturated heterocycles. The smallest absolute Gasteiger partial charge is 0.269 e. The van der Waals surface area contributed by atoms with E-state index in [2.05, 4.69) is 21.8 Å². The SMILES string of the molecule is Cc1ccc(C2SC3=C(NC(N)=C(C#N)C3c3ccc(Cl)cc3)N2NC(=O)c2ccncc2)cc1. The summed E-state index contributed by atoms with van der Waals surface area (Å²) >= 11 is 7.69. The molecule has 1 amide bonds. The lowest BCUT2D eigenvalue weighted by Gasteiger charge is -2.31. The van der Waals surface area contributed by atoms with Gasteiger partial charge in [0.25, 0.3) is 5.91 Å². The number of halogens is 1. The molecule has 0 spiro atoms. The number of carbonyl (C=O) groups is 1. The zero-order valence-electron chi connectivity index (χ0n) is 18.7. The number of dihydropyridines is 1. The molecule has 0 saturated carbocycles. The third kappa shape index (κ3) is 4.32. The lowest BCUT2D eigenvalue weighted by atomic mass is 9.89. The molecule has 2 atom stereocenters. The van der Waals surface area contributed by atoms with E-state index in [1.54, 1.807) is 53.4 Å². The van der Waals surface area contributed by atoms with Crippen molar-refractivity contribution in [2.75, 3.05) is 0 Å². The number of aryl methyl sites for hydroxylation is 1. The third-order valence-electron chi connectivity index (χ3n) is 5.89. The summed E-state index contributed by atoms with van der Waals surface area (Å²) in [7, 11) is 0. The van der Waals surface area contributed by atoms with Gasteiger partial charge in [0.1, 0.15) is 17.0 Å². The summed E-state index contributed by atoms with van der Waals surface area (Å²) in [6.45, 7) is 2.03. The van der Waals surface area contributed by atoms with Crippen LogP contribution in [0.2, 0.25) is 5.02 Å². The standard InChI is InChI=1S/C26H21ClN6OS/c1-15-2-4-18(5-3-15)26-33(32-25(34)17-10-12-30-13-11-17)24-22(35-26)21(20(14-28)23(29)31-24)16-6-8-19(27)9-7-16/h2-13,21,26,31H,29H2,1H3,(H,32,34). The minimum Gasteiger partial charge on any atom is -0.384 e. The number of amides is 1. The van der Waals surface area contributed by atoms with Crippen molar-refractivity contribution in [1.82, 2.24) is 20.7 Å². The average molecular weight is 501 g/mol. The molecule has 0 radical (unpaired) electrons. The Balaban J connectivity index is 1.60. The molecule has 5 rings (SSSR count). The maximum atomic E-state index is 13.1. The lowest BCUT2D eigenvalue weighted by Crippen LogP contribution is -2.46.